The van der Waals surface area contributed by atoms with Crippen LogP contribution >= 0.6 is 11.6 Å². The van der Waals surface area contributed by atoms with E-state index in [2.05, 4.69) is 15.4 Å². The minimum atomic E-state index is -3.83. The zero-order chi connectivity index (χ0) is 19.2. The van der Waals surface area contributed by atoms with Gasteiger partial charge in [-0.15, -0.1) is 0 Å². The SMILES string of the molecule is CCN[C@H](C)CNC(=O)c1ccccc1NS(=O)(=O)c1ccc(Cl)cc1. The lowest BCUT2D eigenvalue weighted by Crippen LogP contribution is -2.39. The molecular weight excluding hydrogens is 374 g/mol. The molecule has 3 N–H and O–H groups in total. The number of para-hydroxylation sites is 1. The van der Waals surface area contributed by atoms with E-state index in [1.165, 1.54) is 24.3 Å². The van der Waals surface area contributed by atoms with Crippen LogP contribution in [0.5, 0.6) is 0 Å². The van der Waals surface area contributed by atoms with Crippen LogP contribution in [0.4, 0.5) is 5.69 Å². The Morgan fingerprint density at radius 2 is 1.77 bits per heavy atom. The molecule has 0 aliphatic heterocycles. The maximum absolute atomic E-state index is 12.5. The van der Waals surface area contributed by atoms with E-state index >= 15 is 0 Å². The van der Waals surface area contributed by atoms with Crippen LogP contribution in [0.25, 0.3) is 0 Å². The van der Waals surface area contributed by atoms with Crippen molar-refractivity contribution in [2.75, 3.05) is 17.8 Å². The summed E-state index contributed by atoms with van der Waals surface area (Å²) in [7, 11) is -3.83. The van der Waals surface area contributed by atoms with Gasteiger partial charge < -0.3 is 10.6 Å². The summed E-state index contributed by atoms with van der Waals surface area (Å²) in [5, 5.41) is 6.44. The molecule has 0 aliphatic rings. The fourth-order valence-corrected chi connectivity index (χ4v) is 3.55. The van der Waals surface area contributed by atoms with E-state index < -0.39 is 10.0 Å². The number of nitrogens with one attached hydrogen (secondary N) is 3. The van der Waals surface area contributed by atoms with Gasteiger partial charge in [-0.1, -0.05) is 30.7 Å². The van der Waals surface area contributed by atoms with Gasteiger partial charge in [-0.25, -0.2) is 8.42 Å². The number of hydrogen-bond donors (Lipinski definition) is 3. The number of carbonyl (C=O) groups excluding carboxylic acids is 1. The molecule has 140 valence electrons. The highest BCUT2D eigenvalue weighted by Crippen LogP contribution is 2.21. The number of likely N-dealkylation sites (N-methyl/N-ethyl adjacent to an activating group) is 1. The molecule has 0 aliphatic carbocycles. The Bertz CT molecular complexity index is 854. The van der Waals surface area contributed by atoms with Gasteiger partial charge in [0.1, 0.15) is 0 Å². The van der Waals surface area contributed by atoms with Crippen molar-refractivity contribution in [3.05, 3.63) is 59.1 Å². The first-order valence-corrected chi connectivity index (χ1v) is 10.1. The molecule has 8 heteroatoms. The summed E-state index contributed by atoms with van der Waals surface area (Å²) in [5.41, 5.74) is 0.477. The Labute approximate surface area is 159 Å². The normalized spacial score (nSPS) is 12.4. The largest absolute Gasteiger partial charge is 0.350 e. The van der Waals surface area contributed by atoms with Gasteiger partial charge in [0.25, 0.3) is 15.9 Å². The molecule has 0 unspecified atom stereocenters. The number of sulfonamides is 1. The molecule has 0 saturated heterocycles. The van der Waals surface area contributed by atoms with E-state index in [0.717, 1.165) is 6.54 Å². The van der Waals surface area contributed by atoms with Crippen molar-refractivity contribution in [2.45, 2.75) is 24.8 Å². The van der Waals surface area contributed by atoms with Crippen molar-refractivity contribution in [1.82, 2.24) is 10.6 Å². The van der Waals surface area contributed by atoms with Gasteiger partial charge in [-0.2, -0.15) is 0 Å². The van der Waals surface area contributed by atoms with Crippen LogP contribution in [-0.4, -0.2) is 33.5 Å². The lowest BCUT2D eigenvalue weighted by Gasteiger charge is -2.15. The number of carbonyl (C=O) groups is 1. The average Bonchev–Trinajstić information content (AvgIpc) is 2.60. The summed E-state index contributed by atoms with van der Waals surface area (Å²) in [5.74, 6) is -0.343. The van der Waals surface area contributed by atoms with Gasteiger partial charge >= 0.3 is 0 Å². The fourth-order valence-electron chi connectivity index (χ4n) is 2.35. The zero-order valence-electron chi connectivity index (χ0n) is 14.6. The van der Waals surface area contributed by atoms with Crippen molar-refractivity contribution >= 4 is 33.2 Å². The van der Waals surface area contributed by atoms with E-state index in [9.17, 15) is 13.2 Å². The second kappa shape index (κ2) is 9.02. The molecule has 1 atom stereocenters. The maximum atomic E-state index is 12.5. The van der Waals surface area contributed by atoms with Crippen molar-refractivity contribution < 1.29 is 13.2 Å². The third-order valence-electron chi connectivity index (χ3n) is 3.66. The predicted octanol–water partition coefficient (Wildman–Crippen LogP) is 2.87. The number of halogens is 1. The summed E-state index contributed by atoms with van der Waals surface area (Å²) in [6.45, 7) is 5.18. The van der Waals surface area contributed by atoms with Gasteiger partial charge in [0.05, 0.1) is 16.1 Å². The minimum absolute atomic E-state index is 0.0675. The molecule has 0 bridgehead atoms. The Morgan fingerprint density at radius 1 is 1.12 bits per heavy atom. The van der Waals surface area contributed by atoms with E-state index in [-0.39, 0.29) is 28.1 Å². The monoisotopic (exact) mass is 395 g/mol. The number of anilines is 1. The molecule has 2 rings (SSSR count). The number of benzene rings is 2. The lowest BCUT2D eigenvalue weighted by atomic mass is 10.1. The van der Waals surface area contributed by atoms with E-state index in [4.69, 9.17) is 11.6 Å². The van der Waals surface area contributed by atoms with Crippen LogP contribution in [0, 0.1) is 0 Å². The highest BCUT2D eigenvalue weighted by Gasteiger charge is 2.18. The molecule has 0 saturated carbocycles. The molecule has 0 fully saturated rings. The Morgan fingerprint density at radius 3 is 2.42 bits per heavy atom. The zero-order valence-corrected chi connectivity index (χ0v) is 16.2. The van der Waals surface area contributed by atoms with E-state index in [1.54, 1.807) is 24.3 Å². The average molecular weight is 396 g/mol. The van der Waals surface area contributed by atoms with Crippen LogP contribution in [-0.2, 0) is 10.0 Å². The Balaban J connectivity index is 2.18. The van der Waals surface area contributed by atoms with E-state index in [0.29, 0.717) is 11.6 Å². The van der Waals surface area contributed by atoms with Gasteiger partial charge in [0.2, 0.25) is 0 Å². The second-order valence-electron chi connectivity index (χ2n) is 5.77. The van der Waals surface area contributed by atoms with Crippen LogP contribution < -0.4 is 15.4 Å². The minimum Gasteiger partial charge on any atom is -0.350 e. The smallest absolute Gasteiger partial charge is 0.261 e. The van der Waals surface area contributed by atoms with Crippen molar-refractivity contribution in [2.24, 2.45) is 0 Å². The van der Waals surface area contributed by atoms with Crippen molar-refractivity contribution in [3.63, 3.8) is 0 Å². The molecular formula is C18H22ClN3O3S. The predicted molar refractivity (Wildman–Crippen MR) is 104 cm³/mol. The highest BCUT2D eigenvalue weighted by atomic mass is 35.5. The molecule has 0 heterocycles. The van der Waals surface area contributed by atoms with Gasteiger partial charge in [0, 0.05) is 17.6 Å². The fraction of sp³-hybridized carbons (Fsp3) is 0.278. The quantitative estimate of drug-likeness (QED) is 0.641. The topological polar surface area (TPSA) is 87.3 Å². The maximum Gasteiger partial charge on any atom is 0.261 e. The van der Waals surface area contributed by atoms with Crippen molar-refractivity contribution in [1.29, 1.82) is 0 Å². The summed E-state index contributed by atoms with van der Waals surface area (Å²) < 4.78 is 27.6. The molecule has 26 heavy (non-hydrogen) atoms. The van der Waals surface area contributed by atoms with Crippen molar-refractivity contribution in [3.8, 4) is 0 Å². The molecule has 0 radical (unpaired) electrons. The molecule has 2 aromatic carbocycles. The Hall–Kier alpha value is -2.09. The molecule has 0 aromatic heterocycles. The first kappa shape index (κ1) is 20.2. The number of hydrogen-bond acceptors (Lipinski definition) is 4. The standard InChI is InChI=1S/C18H22ClN3O3S/c1-3-20-13(2)12-21-18(23)16-6-4-5-7-17(16)22-26(24,25)15-10-8-14(19)9-11-15/h4-11,13,20,22H,3,12H2,1-2H3,(H,21,23)/t13-/m1/s1. The number of amides is 1. The Kier molecular flexibility index (Phi) is 7.02. The molecule has 2 aromatic rings. The van der Waals surface area contributed by atoms with Crippen LogP contribution in [0.1, 0.15) is 24.2 Å². The highest BCUT2D eigenvalue weighted by molar-refractivity contribution is 7.92. The summed E-state index contributed by atoms with van der Waals surface area (Å²) in [6.07, 6.45) is 0. The second-order valence-corrected chi connectivity index (χ2v) is 7.89. The first-order chi connectivity index (χ1) is 12.3. The lowest BCUT2D eigenvalue weighted by molar-refractivity contribution is 0.0951. The van der Waals surface area contributed by atoms with Crippen LogP contribution in [0.2, 0.25) is 5.02 Å². The van der Waals surface area contributed by atoms with Gasteiger partial charge in [-0.3, -0.25) is 9.52 Å². The van der Waals surface area contributed by atoms with Crippen LogP contribution in [0.15, 0.2) is 53.4 Å². The summed E-state index contributed by atoms with van der Waals surface area (Å²) >= 11 is 5.80. The van der Waals surface area contributed by atoms with E-state index in [1.807, 2.05) is 13.8 Å². The molecule has 0 spiro atoms. The molecule has 1 amide bonds. The number of rotatable bonds is 8. The third kappa shape index (κ3) is 5.45. The third-order valence-corrected chi connectivity index (χ3v) is 5.29. The van der Waals surface area contributed by atoms with Gasteiger partial charge in [-0.05, 0) is 49.9 Å². The summed E-state index contributed by atoms with van der Waals surface area (Å²) in [4.78, 5) is 12.5. The first-order valence-electron chi connectivity index (χ1n) is 8.22. The summed E-state index contributed by atoms with van der Waals surface area (Å²) in [6, 6.07) is 12.4. The van der Waals surface area contributed by atoms with Crippen LogP contribution in [0.3, 0.4) is 0 Å². The molecule has 6 nitrogen and oxygen atoms in total. The van der Waals surface area contributed by atoms with Gasteiger partial charge in [0.15, 0.2) is 0 Å².